The van der Waals surface area contributed by atoms with Gasteiger partial charge in [0.05, 0.1) is 5.75 Å². The molecule has 2 fully saturated rings. The number of benzene rings is 2. The lowest BCUT2D eigenvalue weighted by Gasteiger charge is -2.26. The quantitative estimate of drug-likeness (QED) is 0.672. The number of carboxylic acid groups (broad SMARTS) is 1. The number of hydrogen-bond acceptors (Lipinski definition) is 3. The van der Waals surface area contributed by atoms with Gasteiger partial charge >= 0.3 is 5.97 Å². The first kappa shape index (κ1) is 20.6. The molecule has 29 heavy (non-hydrogen) atoms. The molecule has 4 rings (SSSR count). The molecule has 0 bridgehead atoms. The molecular weight excluding hydrogens is 454 g/mol. The fourth-order valence-corrected chi connectivity index (χ4v) is 6.94. The van der Waals surface area contributed by atoms with Crippen LogP contribution in [0.25, 0.3) is 11.1 Å². The zero-order valence-electron chi connectivity index (χ0n) is 16.0. The molecule has 154 valence electrons. The number of aryl methyl sites for hydroxylation is 1. The number of hydrogen-bond donors (Lipinski definition) is 1. The van der Waals surface area contributed by atoms with E-state index in [4.69, 9.17) is 0 Å². The van der Waals surface area contributed by atoms with Crippen LogP contribution < -0.4 is 0 Å². The Morgan fingerprint density at radius 1 is 1.03 bits per heavy atom. The monoisotopic (exact) mass is 477 g/mol. The maximum atomic E-state index is 13.0. The van der Waals surface area contributed by atoms with E-state index in [0.29, 0.717) is 12.8 Å². The summed E-state index contributed by atoms with van der Waals surface area (Å²) in [5.74, 6) is -0.893. The van der Waals surface area contributed by atoms with Gasteiger partial charge in [-0.25, -0.2) is 8.42 Å². The van der Waals surface area contributed by atoms with Crippen LogP contribution in [0.15, 0.2) is 53.0 Å². The van der Waals surface area contributed by atoms with E-state index in [9.17, 15) is 18.3 Å². The van der Waals surface area contributed by atoms with E-state index < -0.39 is 22.0 Å². The predicted molar refractivity (Wildman–Crippen MR) is 116 cm³/mol. The summed E-state index contributed by atoms with van der Waals surface area (Å²) < 4.78 is 28.4. The second kappa shape index (κ2) is 8.20. The van der Waals surface area contributed by atoms with Crippen LogP contribution in [0.1, 0.15) is 31.2 Å². The van der Waals surface area contributed by atoms with Gasteiger partial charge in [0.1, 0.15) is 6.04 Å². The molecule has 2 aromatic carbocycles. The first-order valence-corrected chi connectivity index (χ1v) is 12.3. The van der Waals surface area contributed by atoms with Crippen LogP contribution in [0.5, 0.6) is 0 Å². The Morgan fingerprint density at radius 2 is 1.66 bits per heavy atom. The molecule has 0 radical (unpaired) electrons. The van der Waals surface area contributed by atoms with Crippen LogP contribution in [0.3, 0.4) is 0 Å². The summed E-state index contributed by atoms with van der Waals surface area (Å²) in [4.78, 5) is 11.6. The van der Waals surface area contributed by atoms with Crippen molar-refractivity contribution in [3.05, 3.63) is 58.6 Å². The number of carboxylic acids is 1. The van der Waals surface area contributed by atoms with E-state index in [-0.39, 0.29) is 17.7 Å². The minimum Gasteiger partial charge on any atom is -0.480 e. The van der Waals surface area contributed by atoms with Gasteiger partial charge < -0.3 is 5.11 Å². The highest BCUT2D eigenvalue weighted by atomic mass is 79.9. The zero-order chi connectivity index (χ0) is 20.6. The maximum absolute atomic E-state index is 13.0. The molecule has 2 aromatic rings. The summed E-state index contributed by atoms with van der Waals surface area (Å²) in [5, 5.41) is 9.53. The van der Waals surface area contributed by atoms with Crippen LogP contribution in [0.2, 0.25) is 0 Å². The van der Waals surface area contributed by atoms with Crippen LogP contribution in [-0.4, -0.2) is 41.6 Å². The SMILES string of the molecule is O=C(O)C1C[C@H]2CCC[C@H]2N1S(=O)(=O)CCc1ccc(-c2ccc(Br)cc2)cc1. The summed E-state index contributed by atoms with van der Waals surface area (Å²) in [6, 6.07) is 14.9. The molecule has 1 N–H and O–H groups in total. The summed E-state index contributed by atoms with van der Waals surface area (Å²) in [6.45, 7) is 0. The molecule has 2 aliphatic rings. The summed E-state index contributed by atoms with van der Waals surface area (Å²) >= 11 is 3.43. The van der Waals surface area contributed by atoms with Gasteiger partial charge in [-0.2, -0.15) is 4.31 Å². The third kappa shape index (κ3) is 4.27. The molecule has 0 amide bonds. The second-order valence-electron chi connectivity index (χ2n) is 7.95. The van der Waals surface area contributed by atoms with Crippen LogP contribution in [-0.2, 0) is 21.2 Å². The van der Waals surface area contributed by atoms with Crippen molar-refractivity contribution in [1.29, 1.82) is 0 Å². The molecule has 1 aliphatic heterocycles. The number of halogens is 1. The molecular formula is C22H24BrNO4S. The van der Waals surface area contributed by atoms with E-state index >= 15 is 0 Å². The Hall–Kier alpha value is -1.70. The van der Waals surface area contributed by atoms with Gasteiger partial charge in [-0.15, -0.1) is 0 Å². The van der Waals surface area contributed by atoms with Crippen LogP contribution in [0.4, 0.5) is 0 Å². The number of sulfonamides is 1. The Balaban J connectivity index is 1.46. The van der Waals surface area contributed by atoms with Crippen molar-refractivity contribution >= 4 is 31.9 Å². The molecule has 1 saturated carbocycles. The van der Waals surface area contributed by atoms with E-state index in [1.807, 2.05) is 48.5 Å². The van der Waals surface area contributed by atoms with Gasteiger partial charge in [0.2, 0.25) is 10.0 Å². The highest BCUT2D eigenvalue weighted by Gasteiger charge is 2.51. The average molecular weight is 478 g/mol. The summed E-state index contributed by atoms with van der Waals surface area (Å²) in [6.07, 6.45) is 3.50. The third-order valence-electron chi connectivity index (χ3n) is 6.17. The Kier molecular flexibility index (Phi) is 5.82. The Labute approximate surface area is 179 Å². The van der Waals surface area contributed by atoms with Crippen molar-refractivity contribution < 1.29 is 18.3 Å². The summed E-state index contributed by atoms with van der Waals surface area (Å²) in [5.41, 5.74) is 3.10. The minimum absolute atomic E-state index is 0.0579. The number of rotatable bonds is 6. The molecule has 0 spiro atoms. The smallest absolute Gasteiger partial charge is 0.322 e. The molecule has 1 aliphatic carbocycles. The van der Waals surface area contributed by atoms with Gasteiger partial charge in [-0.05, 0) is 60.4 Å². The lowest BCUT2D eigenvalue weighted by molar-refractivity contribution is -0.141. The standard InChI is InChI=1S/C22H24BrNO4S/c23-19-10-8-17(9-11-19)16-6-4-15(5-7-16)12-13-29(27,28)24-20-3-1-2-18(20)14-21(24)22(25)26/h4-11,18,20-21H,1-3,12-14H2,(H,25,26)/t18-,20-,21?/m1/s1. The van der Waals surface area contributed by atoms with Crippen molar-refractivity contribution in [3.8, 4) is 11.1 Å². The van der Waals surface area contributed by atoms with Crippen LogP contribution >= 0.6 is 15.9 Å². The Morgan fingerprint density at radius 3 is 2.28 bits per heavy atom. The second-order valence-corrected chi connectivity index (χ2v) is 10.9. The van der Waals surface area contributed by atoms with E-state index in [1.165, 1.54) is 4.31 Å². The molecule has 1 saturated heterocycles. The van der Waals surface area contributed by atoms with E-state index in [1.54, 1.807) is 0 Å². The van der Waals surface area contributed by atoms with E-state index in [2.05, 4.69) is 15.9 Å². The van der Waals surface area contributed by atoms with Crippen molar-refractivity contribution in [1.82, 2.24) is 4.31 Å². The molecule has 1 heterocycles. The Bertz CT molecular complexity index is 988. The number of aliphatic carboxylic acids is 1. The third-order valence-corrected chi connectivity index (χ3v) is 8.58. The van der Waals surface area contributed by atoms with E-state index in [0.717, 1.165) is 40.4 Å². The van der Waals surface area contributed by atoms with Gasteiger partial charge in [0, 0.05) is 10.5 Å². The first-order chi connectivity index (χ1) is 13.8. The van der Waals surface area contributed by atoms with Gasteiger partial charge in [0.15, 0.2) is 0 Å². The first-order valence-electron chi connectivity index (χ1n) is 9.94. The number of fused-ring (bicyclic) bond motifs is 1. The minimum atomic E-state index is -3.63. The number of nitrogens with zero attached hydrogens (tertiary/aromatic N) is 1. The highest BCUT2D eigenvalue weighted by molar-refractivity contribution is 9.10. The topological polar surface area (TPSA) is 74.7 Å². The van der Waals surface area contributed by atoms with Gasteiger partial charge in [0.25, 0.3) is 0 Å². The van der Waals surface area contributed by atoms with Gasteiger partial charge in [-0.3, -0.25) is 4.79 Å². The zero-order valence-corrected chi connectivity index (χ0v) is 18.4. The average Bonchev–Trinajstić information content (AvgIpc) is 3.29. The summed E-state index contributed by atoms with van der Waals surface area (Å²) in [7, 11) is -3.63. The highest BCUT2D eigenvalue weighted by Crippen LogP contribution is 2.43. The fraction of sp³-hybridized carbons (Fsp3) is 0.409. The van der Waals surface area contributed by atoms with Crippen molar-refractivity contribution in [2.45, 2.75) is 44.2 Å². The predicted octanol–water partition coefficient (Wildman–Crippen LogP) is 4.32. The maximum Gasteiger partial charge on any atom is 0.322 e. The molecule has 5 nitrogen and oxygen atoms in total. The van der Waals surface area contributed by atoms with Crippen LogP contribution in [0, 0.1) is 5.92 Å². The lowest BCUT2D eigenvalue weighted by Crippen LogP contribution is -2.46. The molecule has 3 atom stereocenters. The van der Waals surface area contributed by atoms with Crippen molar-refractivity contribution in [3.63, 3.8) is 0 Å². The van der Waals surface area contributed by atoms with Crippen molar-refractivity contribution in [2.75, 3.05) is 5.75 Å². The molecule has 1 unspecified atom stereocenters. The fourth-order valence-electron chi connectivity index (χ4n) is 4.72. The van der Waals surface area contributed by atoms with Crippen molar-refractivity contribution in [2.24, 2.45) is 5.92 Å². The number of carbonyl (C=O) groups is 1. The largest absolute Gasteiger partial charge is 0.480 e. The molecule has 7 heteroatoms. The van der Waals surface area contributed by atoms with Gasteiger partial charge in [-0.1, -0.05) is 58.7 Å². The lowest BCUT2D eigenvalue weighted by atomic mass is 10.0. The molecule has 0 aromatic heterocycles. The normalized spacial score (nSPS) is 24.5.